The van der Waals surface area contributed by atoms with Crippen molar-refractivity contribution in [3.05, 3.63) is 24.3 Å². The summed E-state index contributed by atoms with van der Waals surface area (Å²) < 4.78 is 5.94. The predicted octanol–water partition coefficient (Wildman–Crippen LogP) is 4.71. The van der Waals surface area contributed by atoms with Gasteiger partial charge in [-0.1, -0.05) is 49.8 Å². The Kier molecular flexibility index (Phi) is 7.18. The molecule has 1 aliphatic carbocycles. The Morgan fingerprint density at radius 1 is 1.25 bits per heavy atom. The van der Waals surface area contributed by atoms with Crippen LogP contribution in [-0.2, 0) is 4.79 Å². The molecule has 0 unspecified atom stereocenters. The second-order valence-corrected chi connectivity index (χ2v) is 9.93. The van der Waals surface area contributed by atoms with Crippen molar-refractivity contribution >= 4 is 39.8 Å². The van der Waals surface area contributed by atoms with Gasteiger partial charge in [-0.2, -0.15) is 0 Å². The van der Waals surface area contributed by atoms with Gasteiger partial charge < -0.3 is 15.4 Å². The number of rotatable bonds is 7. The number of hydrogen-bond acceptors (Lipinski definition) is 7. The minimum Gasteiger partial charge on any atom is -0.497 e. The summed E-state index contributed by atoms with van der Waals surface area (Å²) in [6, 6.07) is 7.91. The fraction of sp³-hybridized carbons (Fsp3) is 0.550. The van der Waals surface area contributed by atoms with E-state index >= 15 is 0 Å². The number of carbonyl (C=O) groups is 1. The van der Waals surface area contributed by atoms with Crippen molar-refractivity contribution in [2.45, 2.75) is 55.7 Å². The van der Waals surface area contributed by atoms with Crippen LogP contribution in [-0.4, -0.2) is 34.5 Å². The largest absolute Gasteiger partial charge is 0.497 e. The van der Waals surface area contributed by atoms with Gasteiger partial charge in [0.05, 0.1) is 12.4 Å². The smallest absolute Gasteiger partial charge is 0.233 e. The van der Waals surface area contributed by atoms with Crippen molar-refractivity contribution in [2.24, 2.45) is 11.8 Å². The molecule has 1 aromatic carbocycles. The summed E-state index contributed by atoms with van der Waals surface area (Å²) in [5.41, 5.74) is 0.916. The zero-order valence-corrected chi connectivity index (χ0v) is 18.4. The SMILES string of the molecule is COc1ccc(Nc2nnc(S[C@H](C)C(=O)N[C@H]3CCC[C@H](C)[C@H]3C)s2)cc1. The Morgan fingerprint density at radius 2 is 2.00 bits per heavy atom. The van der Waals surface area contributed by atoms with Crippen LogP contribution in [0.5, 0.6) is 5.75 Å². The number of carbonyl (C=O) groups excluding carboxylic acids is 1. The maximum Gasteiger partial charge on any atom is 0.233 e. The van der Waals surface area contributed by atoms with E-state index in [1.807, 2.05) is 31.2 Å². The maximum absolute atomic E-state index is 12.6. The molecular formula is C20H28N4O2S2. The first kappa shape index (κ1) is 20.9. The van der Waals surface area contributed by atoms with Crippen molar-refractivity contribution in [2.75, 3.05) is 12.4 Å². The zero-order chi connectivity index (χ0) is 20.1. The van der Waals surface area contributed by atoms with Crippen molar-refractivity contribution < 1.29 is 9.53 Å². The molecule has 1 amide bonds. The molecule has 2 aromatic rings. The summed E-state index contributed by atoms with van der Waals surface area (Å²) in [7, 11) is 1.64. The Bertz CT molecular complexity index is 781. The lowest BCUT2D eigenvalue weighted by molar-refractivity contribution is -0.121. The fourth-order valence-electron chi connectivity index (χ4n) is 3.40. The minimum atomic E-state index is -0.203. The van der Waals surface area contributed by atoms with Crippen LogP contribution in [0, 0.1) is 11.8 Å². The number of nitrogens with zero attached hydrogens (tertiary/aromatic N) is 2. The normalized spacial score (nSPS) is 23.1. The number of anilines is 2. The number of amides is 1. The standard InChI is InChI=1S/C20H28N4O2S2/c1-12-6-5-7-17(13(12)2)22-18(25)14(3)27-20-24-23-19(28-20)21-15-8-10-16(26-4)11-9-15/h8-14,17H,5-7H2,1-4H3,(H,21,23)(H,22,25)/t12-,13+,14+,17-/m0/s1. The lowest BCUT2D eigenvalue weighted by Gasteiger charge is -2.35. The third-order valence-electron chi connectivity index (χ3n) is 5.43. The lowest BCUT2D eigenvalue weighted by Crippen LogP contribution is -2.46. The van der Waals surface area contributed by atoms with Gasteiger partial charge in [0.2, 0.25) is 11.0 Å². The van der Waals surface area contributed by atoms with Crippen LogP contribution in [0.15, 0.2) is 28.6 Å². The van der Waals surface area contributed by atoms with Gasteiger partial charge >= 0.3 is 0 Å². The Balaban J connectivity index is 1.52. The van der Waals surface area contributed by atoms with Crippen LogP contribution < -0.4 is 15.4 Å². The summed E-state index contributed by atoms with van der Waals surface area (Å²) >= 11 is 2.90. The van der Waals surface area contributed by atoms with Gasteiger partial charge in [-0.15, -0.1) is 10.2 Å². The second kappa shape index (κ2) is 9.60. The number of aromatic nitrogens is 2. The summed E-state index contributed by atoms with van der Waals surface area (Å²) in [6.07, 6.45) is 3.52. The Hall–Kier alpha value is -1.80. The van der Waals surface area contributed by atoms with E-state index in [2.05, 4.69) is 34.7 Å². The summed E-state index contributed by atoms with van der Waals surface area (Å²) in [5.74, 6) is 2.07. The Morgan fingerprint density at radius 3 is 2.71 bits per heavy atom. The summed E-state index contributed by atoms with van der Waals surface area (Å²) in [5, 5.41) is 15.4. The van der Waals surface area contributed by atoms with Crippen LogP contribution in [0.2, 0.25) is 0 Å². The van der Waals surface area contributed by atoms with Gasteiger partial charge in [0.15, 0.2) is 4.34 Å². The van der Waals surface area contributed by atoms with Gasteiger partial charge in [0, 0.05) is 11.7 Å². The molecule has 1 fully saturated rings. The van der Waals surface area contributed by atoms with E-state index in [1.54, 1.807) is 7.11 Å². The van der Waals surface area contributed by atoms with Crippen molar-refractivity contribution in [3.8, 4) is 5.75 Å². The van der Waals surface area contributed by atoms with Gasteiger partial charge in [0.25, 0.3) is 0 Å². The highest BCUT2D eigenvalue weighted by atomic mass is 32.2. The highest BCUT2D eigenvalue weighted by Gasteiger charge is 2.29. The molecule has 152 valence electrons. The first-order valence-electron chi connectivity index (χ1n) is 9.68. The summed E-state index contributed by atoms with van der Waals surface area (Å²) in [6.45, 7) is 6.45. The fourth-order valence-corrected chi connectivity index (χ4v) is 5.32. The van der Waals surface area contributed by atoms with E-state index in [1.165, 1.54) is 35.9 Å². The van der Waals surface area contributed by atoms with E-state index in [9.17, 15) is 4.79 Å². The average Bonchev–Trinajstić information content (AvgIpc) is 3.12. The van der Waals surface area contributed by atoms with Crippen LogP contribution in [0.1, 0.15) is 40.0 Å². The Labute approximate surface area is 174 Å². The number of nitrogens with one attached hydrogen (secondary N) is 2. The van der Waals surface area contributed by atoms with Gasteiger partial charge in [-0.3, -0.25) is 4.79 Å². The van der Waals surface area contributed by atoms with Crippen molar-refractivity contribution in [3.63, 3.8) is 0 Å². The van der Waals surface area contributed by atoms with E-state index in [0.717, 1.165) is 22.2 Å². The second-order valence-electron chi connectivity index (χ2n) is 7.37. The number of benzene rings is 1. The molecular weight excluding hydrogens is 392 g/mol. The number of hydrogen-bond donors (Lipinski definition) is 2. The molecule has 3 rings (SSSR count). The van der Waals surface area contributed by atoms with E-state index in [4.69, 9.17) is 4.74 Å². The zero-order valence-electron chi connectivity index (χ0n) is 16.8. The molecule has 1 heterocycles. The van der Waals surface area contributed by atoms with Crippen LogP contribution in [0.4, 0.5) is 10.8 Å². The maximum atomic E-state index is 12.6. The number of methoxy groups -OCH3 is 1. The number of ether oxygens (including phenoxy) is 1. The predicted molar refractivity (Wildman–Crippen MR) is 116 cm³/mol. The minimum absolute atomic E-state index is 0.0795. The average molecular weight is 421 g/mol. The first-order valence-corrected chi connectivity index (χ1v) is 11.4. The van der Waals surface area contributed by atoms with Crippen LogP contribution >= 0.6 is 23.1 Å². The van der Waals surface area contributed by atoms with E-state index < -0.39 is 0 Å². The molecule has 0 saturated heterocycles. The lowest BCUT2D eigenvalue weighted by atomic mass is 9.78. The molecule has 0 radical (unpaired) electrons. The molecule has 0 spiro atoms. The molecule has 28 heavy (non-hydrogen) atoms. The molecule has 4 atom stereocenters. The van der Waals surface area contributed by atoms with Gasteiger partial charge in [0.1, 0.15) is 5.75 Å². The molecule has 0 aliphatic heterocycles. The molecule has 6 nitrogen and oxygen atoms in total. The van der Waals surface area contributed by atoms with Crippen molar-refractivity contribution in [1.82, 2.24) is 15.5 Å². The van der Waals surface area contributed by atoms with Gasteiger partial charge in [-0.05, 0) is 49.4 Å². The molecule has 1 saturated carbocycles. The third kappa shape index (κ3) is 5.38. The first-order chi connectivity index (χ1) is 13.5. The molecule has 0 bridgehead atoms. The molecule has 1 aliphatic rings. The quantitative estimate of drug-likeness (QED) is 0.632. The molecule has 8 heteroatoms. The third-order valence-corrected chi connectivity index (χ3v) is 7.45. The van der Waals surface area contributed by atoms with Crippen molar-refractivity contribution in [1.29, 1.82) is 0 Å². The topological polar surface area (TPSA) is 76.1 Å². The number of thioether (sulfide) groups is 1. The molecule has 1 aromatic heterocycles. The van der Waals surface area contributed by atoms with Crippen LogP contribution in [0.3, 0.4) is 0 Å². The highest BCUT2D eigenvalue weighted by Crippen LogP contribution is 2.32. The monoisotopic (exact) mass is 420 g/mol. The molecule has 2 N–H and O–H groups in total. The van der Waals surface area contributed by atoms with E-state index in [-0.39, 0.29) is 17.2 Å². The highest BCUT2D eigenvalue weighted by molar-refractivity contribution is 8.02. The summed E-state index contributed by atoms with van der Waals surface area (Å²) in [4.78, 5) is 12.6. The van der Waals surface area contributed by atoms with E-state index in [0.29, 0.717) is 17.0 Å². The van der Waals surface area contributed by atoms with Gasteiger partial charge in [-0.25, -0.2) is 0 Å². The van der Waals surface area contributed by atoms with Crippen LogP contribution in [0.25, 0.3) is 0 Å².